The summed E-state index contributed by atoms with van der Waals surface area (Å²) in [6.07, 6.45) is 2.03. The zero-order valence-electron chi connectivity index (χ0n) is 19.5. The molecule has 1 heterocycles. The lowest BCUT2D eigenvalue weighted by Crippen LogP contribution is -2.26. The van der Waals surface area contributed by atoms with E-state index in [9.17, 15) is 5.26 Å². The molecule has 0 radical (unpaired) electrons. The van der Waals surface area contributed by atoms with Crippen LogP contribution in [-0.4, -0.2) is 48.8 Å². The molecular weight excluding hydrogens is 434 g/mol. The SMILES string of the molecule is CC(C)Oc1ccc(-c2nnc(-c3cccc4c3CC[C@@H]4NCOCN(C)C)s2)cc1C#N. The van der Waals surface area contributed by atoms with Gasteiger partial charge in [0.25, 0.3) is 0 Å². The summed E-state index contributed by atoms with van der Waals surface area (Å²) in [5.41, 5.74) is 5.14. The van der Waals surface area contributed by atoms with Crippen molar-refractivity contribution in [2.45, 2.75) is 38.8 Å². The Bertz CT molecular complexity index is 1150. The van der Waals surface area contributed by atoms with Crippen molar-refractivity contribution in [1.29, 1.82) is 5.26 Å². The second-order valence-corrected chi connectivity index (χ2v) is 9.61. The molecule has 0 amide bonds. The van der Waals surface area contributed by atoms with Crippen molar-refractivity contribution in [2.75, 3.05) is 27.6 Å². The first-order valence-corrected chi connectivity index (χ1v) is 11.9. The van der Waals surface area contributed by atoms with Crippen molar-refractivity contribution in [3.63, 3.8) is 0 Å². The van der Waals surface area contributed by atoms with Crippen LogP contribution in [0.4, 0.5) is 0 Å². The molecular formula is C25H29N5O2S. The summed E-state index contributed by atoms with van der Waals surface area (Å²) in [4.78, 5) is 2.00. The lowest BCUT2D eigenvalue weighted by molar-refractivity contribution is 0.0397. The molecule has 172 valence electrons. The molecule has 0 fully saturated rings. The minimum Gasteiger partial charge on any atom is -0.490 e. The number of fused-ring (bicyclic) bond motifs is 1. The standard InChI is InChI=1S/C25H29N5O2S/c1-16(2)32-23-11-8-17(12-18(23)13-26)24-28-29-25(33-24)21-7-5-6-20-19(21)9-10-22(20)27-14-31-15-30(3)4/h5-8,11-12,16,22,27H,9-10,14-15H2,1-4H3/t22-/m0/s1. The van der Waals surface area contributed by atoms with Crippen LogP contribution < -0.4 is 10.1 Å². The molecule has 1 N–H and O–H groups in total. The van der Waals surface area contributed by atoms with E-state index in [1.165, 1.54) is 11.1 Å². The zero-order valence-corrected chi connectivity index (χ0v) is 20.3. The number of hydrogen-bond acceptors (Lipinski definition) is 8. The molecule has 1 atom stereocenters. The number of nitrogens with one attached hydrogen (secondary N) is 1. The van der Waals surface area contributed by atoms with Crippen LogP contribution in [0.3, 0.4) is 0 Å². The fourth-order valence-corrected chi connectivity index (χ4v) is 4.90. The van der Waals surface area contributed by atoms with E-state index in [-0.39, 0.29) is 12.1 Å². The first kappa shape index (κ1) is 23.3. The quantitative estimate of drug-likeness (QED) is 0.367. The number of rotatable bonds is 9. The van der Waals surface area contributed by atoms with Crippen molar-refractivity contribution in [3.05, 3.63) is 53.1 Å². The Kier molecular flexibility index (Phi) is 7.36. The molecule has 0 spiro atoms. The Labute approximate surface area is 199 Å². The number of aromatic nitrogens is 2. The third kappa shape index (κ3) is 5.40. The molecule has 0 unspecified atom stereocenters. The van der Waals surface area contributed by atoms with Crippen molar-refractivity contribution >= 4 is 11.3 Å². The predicted octanol–water partition coefficient (Wildman–Crippen LogP) is 4.60. The molecule has 2 aromatic carbocycles. The summed E-state index contributed by atoms with van der Waals surface area (Å²) in [7, 11) is 3.98. The van der Waals surface area contributed by atoms with Crippen molar-refractivity contribution < 1.29 is 9.47 Å². The molecule has 1 aromatic heterocycles. The number of nitriles is 1. The molecule has 0 saturated heterocycles. The van der Waals surface area contributed by atoms with Crippen LogP contribution in [0.2, 0.25) is 0 Å². The highest BCUT2D eigenvalue weighted by Crippen LogP contribution is 2.40. The van der Waals surface area contributed by atoms with Gasteiger partial charge in [-0.3, -0.25) is 10.2 Å². The second-order valence-electron chi connectivity index (χ2n) is 8.63. The average Bonchev–Trinajstić information content (AvgIpc) is 3.44. The van der Waals surface area contributed by atoms with Gasteiger partial charge in [-0.1, -0.05) is 29.5 Å². The zero-order chi connectivity index (χ0) is 23.4. The van der Waals surface area contributed by atoms with Gasteiger partial charge in [0.1, 0.15) is 28.6 Å². The smallest absolute Gasteiger partial charge is 0.148 e. The van der Waals surface area contributed by atoms with E-state index in [1.54, 1.807) is 11.3 Å². The molecule has 0 aliphatic heterocycles. The lowest BCUT2D eigenvalue weighted by atomic mass is 10.0. The van der Waals surface area contributed by atoms with E-state index in [1.807, 2.05) is 51.0 Å². The van der Waals surface area contributed by atoms with Gasteiger partial charge in [-0.25, -0.2) is 0 Å². The predicted molar refractivity (Wildman–Crippen MR) is 130 cm³/mol. The Morgan fingerprint density at radius 2 is 2.03 bits per heavy atom. The van der Waals surface area contributed by atoms with Crippen LogP contribution in [-0.2, 0) is 11.2 Å². The molecule has 4 rings (SSSR count). The topological polar surface area (TPSA) is 83.3 Å². The first-order valence-electron chi connectivity index (χ1n) is 11.1. The van der Waals surface area contributed by atoms with E-state index in [0.717, 1.165) is 34.0 Å². The summed E-state index contributed by atoms with van der Waals surface area (Å²) >= 11 is 1.55. The van der Waals surface area contributed by atoms with Gasteiger partial charge in [-0.05, 0) is 70.1 Å². The minimum atomic E-state index is 0.00844. The Balaban J connectivity index is 1.54. The van der Waals surface area contributed by atoms with E-state index in [2.05, 4.69) is 39.8 Å². The molecule has 0 bridgehead atoms. The minimum absolute atomic E-state index is 0.00844. The second kappa shape index (κ2) is 10.4. The van der Waals surface area contributed by atoms with E-state index < -0.39 is 0 Å². The summed E-state index contributed by atoms with van der Waals surface area (Å²) in [5.74, 6) is 0.593. The van der Waals surface area contributed by atoms with E-state index in [4.69, 9.17) is 9.47 Å². The Hall–Kier alpha value is -2.83. The fourth-order valence-electron chi connectivity index (χ4n) is 4.01. The monoisotopic (exact) mass is 463 g/mol. The number of nitrogens with zero attached hydrogens (tertiary/aromatic N) is 4. The number of hydrogen-bond donors (Lipinski definition) is 1. The van der Waals surface area contributed by atoms with Crippen LogP contribution in [0.25, 0.3) is 21.1 Å². The molecule has 33 heavy (non-hydrogen) atoms. The van der Waals surface area contributed by atoms with Gasteiger partial charge in [0, 0.05) is 17.2 Å². The Morgan fingerprint density at radius 3 is 2.79 bits per heavy atom. The highest BCUT2D eigenvalue weighted by molar-refractivity contribution is 7.17. The van der Waals surface area contributed by atoms with Gasteiger partial charge in [0.05, 0.1) is 18.4 Å². The average molecular weight is 464 g/mol. The molecule has 3 aromatic rings. The van der Waals surface area contributed by atoms with Crippen molar-refractivity contribution in [2.24, 2.45) is 0 Å². The summed E-state index contributed by atoms with van der Waals surface area (Å²) < 4.78 is 11.4. The lowest BCUT2D eigenvalue weighted by Gasteiger charge is -2.16. The normalized spacial score (nSPS) is 15.1. The largest absolute Gasteiger partial charge is 0.490 e. The van der Waals surface area contributed by atoms with Crippen LogP contribution in [0.5, 0.6) is 5.75 Å². The Morgan fingerprint density at radius 1 is 1.21 bits per heavy atom. The maximum absolute atomic E-state index is 9.54. The van der Waals surface area contributed by atoms with Gasteiger partial charge in [0.15, 0.2) is 0 Å². The third-order valence-electron chi connectivity index (χ3n) is 5.42. The first-order chi connectivity index (χ1) is 16.0. The van der Waals surface area contributed by atoms with Gasteiger partial charge >= 0.3 is 0 Å². The van der Waals surface area contributed by atoms with Gasteiger partial charge < -0.3 is 9.47 Å². The van der Waals surface area contributed by atoms with Crippen LogP contribution in [0.15, 0.2) is 36.4 Å². The van der Waals surface area contributed by atoms with Crippen LogP contribution in [0, 0.1) is 11.3 Å². The van der Waals surface area contributed by atoms with E-state index >= 15 is 0 Å². The third-order valence-corrected chi connectivity index (χ3v) is 6.42. The van der Waals surface area contributed by atoms with Crippen molar-refractivity contribution in [1.82, 2.24) is 20.4 Å². The fraction of sp³-hybridized carbons (Fsp3) is 0.400. The van der Waals surface area contributed by atoms with Gasteiger partial charge in [-0.2, -0.15) is 5.26 Å². The van der Waals surface area contributed by atoms with Gasteiger partial charge in [-0.15, -0.1) is 10.2 Å². The molecule has 1 aliphatic carbocycles. The van der Waals surface area contributed by atoms with Gasteiger partial charge in [0.2, 0.25) is 0 Å². The number of benzene rings is 2. The van der Waals surface area contributed by atoms with Crippen LogP contribution >= 0.6 is 11.3 Å². The van der Waals surface area contributed by atoms with E-state index in [0.29, 0.717) is 24.8 Å². The molecule has 8 heteroatoms. The molecule has 7 nitrogen and oxygen atoms in total. The highest BCUT2D eigenvalue weighted by Gasteiger charge is 2.26. The number of ether oxygens (including phenoxy) is 2. The summed E-state index contributed by atoms with van der Waals surface area (Å²) in [6.45, 7) is 5.01. The maximum Gasteiger partial charge on any atom is 0.148 e. The highest BCUT2D eigenvalue weighted by atomic mass is 32.1. The summed E-state index contributed by atoms with van der Waals surface area (Å²) in [6, 6.07) is 14.5. The van der Waals surface area contributed by atoms with Crippen LogP contribution in [0.1, 0.15) is 43.0 Å². The maximum atomic E-state index is 9.54. The molecule has 0 saturated carbocycles. The van der Waals surface area contributed by atoms with Crippen molar-refractivity contribution in [3.8, 4) is 33.0 Å². The summed E-state index contributed by atoms with van der Waals surface area (Å²) in [5, 5.41) is 23.7. The molecule has 1 aliphatic rings.